The number of hydrogen-bond acceptors (Lipinski definition) is 1. The molecule has 4 rings (SSSR count). The number of aromatic nitrogens is 1. The highest BCUT2D eigenvalue weighted by atomic mass is 19.1. The number of para-hydroxylation sites is 1. The maximum absolute atomic E-state index is 13.7. The van der Waals surface area contributed by atoms with Crippen LogP contribution in [0.1, 0.15) is 17.2 Å². The van der Waals surface area contributed by atoms with Crippen molar-refractivity contribution in [2.45, 2.75) is 6.04 Å². The van der Waals surface area contributed by atoms with E-state index in [2.05, 4.69) is 16.9 Å². The van der Waals surface area contributed by atoms with Crippen molar-refractivity contribution < 1.29 is 8.78 Å². The molecule has 0 spiro atoms. The number of fused-ring (bicyclic) bond motifs is 1. The number of halogens is 2. The van der Waals surface area contributed by atoms with Gasteiger partial charge >= 0.3 is 0 Å². The standard InChI is InChI=1S/C23H18F2N2/c1-15(21-14-26-22-10-6-5-9-20(21)22)23(16-7-3-2-4-8-16)27-19-12-17(24)11-18(25)13-19/h2-14,23,26-27H,1H2. The fourth-order valence-corrected chi connectivity index (χ4v) is 3.31. The molecule has 2 N–H and O–H groups in total. The predicted molar refractivity (Wildman–Crippen MR) is 106 cm³/mol. The number of aromatic amines is 1. The lowest BCUT2D eigenvalue weighted by molar-refractivity contribution is 0.584. The van der Waals surface area contributed by atoms with E-state index < -0.39 is 11.6 Å². The molecule has 0 saturated carbocycles. The molecular formula is C23H18F2N2. The minimum absolute atomic E-state index is 0.341. The molecule has 134 valence electrons. The normalized spacial score (nSPS) is 12.1. The van der Waals surface area contributed by atoms with E-state index in [4.69, 9.17) is 0 Å². The monoisotopic (exact) mass is 360 g/mol. The molecule has 0 aliphatic carbocycles. The van der Waals surface area contributed by atoms with Crippen molar-refractivity contribution in [3.05, 3.63) is 108 Å². The third-order valence-electron chi connectivity index (χ3n) is 4.59. The van der Waals surface area contributed by atoms with Crippen LogP contribution in [0, 0.1) is 11.6 Å². The number of rotatable bonds is 5. The minimum Gasteiger partial charge on any atom is -0.374 e. The average molecular weight is 360 g/mol. The van der Waals surface area contributed by atoms with Gasteiger partial charge in [0.1, 0.15) is 11.6 Å². The van der Waals surface area contributed by atoms with Gasteiger partial charge in [0, 0.05) is 34.4 Å². The summed E-state index contributed by atoms with van der Waals surface area (Å²) in [5, 5.41) is 4.29. The molecule has 0 saturated heterocycles. The summed E-state index contributed by atoms with van der Waals surface area (Å²) in [5.41, 5.74) is 4.10. The highest BCUT2D eigenvalue weighted by molar-refractivity contribution is 5.93. The van der Waals surface area contributed by atoms with Gasteiger partial charge in [-0.3, -0.25) is 0 Å². The lowest BCUT2D eigenvalue weighted by Crippen LogP contribution is -2.12. The topological polar surface area (TPSA) is 27.8 Å². The van der Waals surface area contributed by atoms with Crippen LogP contribution in [-0.4, -0.2) is 4.98 Å². The molecule has 4 aromatic rings. The summed E-state index contributed by atoms with van der Waals surface area (Å²) in [7, 11) is 0. The number of H-pyrrole nitrogens is 1. The van der Waals surface area contributed by atoms with Crippen molar-refractivity contribution in [2.24, 2.45) is 0 Å². The highest BCUT2D eigenvalue weighted by Gasteiger charge is 2.19. The molecular weight excluding hydrogens is 342 g/mol. The van der Waals surface area contributed by atoms with Gasteiger partial charge in [-0.15, -0.1) is 0 Å². The molecule has 27 heavy (non-hydrogen) atoms. The maximum atomic E-state index is 13.7. The van der Waals surface area contributed by atoms with Gasteiger partial charge in [-0.1, -0.05) is 55.1 Å². The molecule has 2 nitrogen and oxygen atoms in total. The second-order valence-electron chi connectivity index (χ2n) is 6.42. The smallest absolute Gasteiger partial charge is 0.128 e. The molecule has 0 amide bonds. The molecule has 4 heteroatoms. The summed E-state index contributed by atoms with van der Waals surface area (Å²) in [6.45, 7) is 4.30. The van der Waals surface area contributed by atoms with Crippen LogP contribution in [0.25, 0.3) is 16.5 Å². The van der Waals surface area contributed by atoms with Gasteiger partial charge < -0.3 is 10.3 Å². The third-order valence-corrected chi connectivity index (χ3v) is 4.59. The van der Waals surface area contributed by atoms with Crippen LogP contribution in [0.15, 0.2) is 85.6 Å². The first-order valence-electron chi connectivity index (χ1n) is 8.64. The average Bonchev–Trinajstić information content (AvgIpc) is 3.10. The van der Waals surface area contributed by atoms with E-state index in [1.165, 1.54) is 12.1 Å². The SMILES string of the molecule is C=C(c1c[nH]c2ccccc12)C(Nc1cc(F)cc(F)c1)c1ccccc1. The van der Waals surface area contributed by atoms with Crippen LogP contribution in [-0.2, 0) is 0 Å². The van der Waals surface area contributed by atoms with E-state index in [1.54, 1.807) is 0 Å². The molecule has 0 bridgehead atoms. The zero-order chi connectivity index (χ0) is 18.8. The lowest BCUT2D eigenvalue weighted by Gasteiger charge is -2.23. The molecule has 1 aromatic heterocycles. The summed E-state index contributed by atoms with van der Waals surface area (Å²) >= 11 is 0. The van der Waals surface area contributed by atoms with Gasteiger partial charge in [-0.25, -0.2) is 8.78 Å². The number of nitrogens with one attached hydrogen (secondary N) is 2. The summed E-state index contributed by atoms with van der Waals surface area (Å²) < 4.78 is 27.3. The van der Waals surface area contributed by atoms with Gasteiger partial charge in [0.15, 0.2) is 0 Å². The van der Waals surface area contributed by atoms with E-state index in [0.717, 1.165) is 33.7 Å². The van der Waals surface area contributed by atoms with Crippen LogP contribution in [0.5, 0.6) is 0 Å². The summed E-state index contributed by atoms with van der Waals surface area (Å²) in [6.07, 6.45) is 1.91. The van der Waals surface area contributed by atoms with Crippen molar-refractivity contribution in [1.29, 1.82) is 0 Å². The molecule has 0 aliphatic heterocycles. The van der Waals surface area contributed by atoms with Gasteiger partial charge in [0.25, 0.3) is 0 Å². The Morgan fingerprint density at radius 2 is 1.56 bits per heavy atom. The first-order valence-corrected chi connectivity index (χ1v) is 8.64. The lowest BCUT2D eigenvalue weighted by atomic mass is 9.93. The molecule has 1 unspecified atom stereocenters. The van der Waals surface area contributed by atoms with Crippen molar-refractivity contribution in [3.8, 4) is 0 Å². The summed E-state index contributed by atoms with van der Waals surface area (Å²) in [4.78, 5) is 3.25. The molecule has 0 radical (unpaired) electrons. The fourth-order valence-electron chi connectivity index (χ4n) is 3.31. The molecule has 1 heterocycles. The number of anilines is 1. The van der Waals surface area contributed by atoms with E-state index in [0.29, 0.717) is 5.69 Å². The van der Waals surface area contributed by atoms with E-state index >= 15 is 0 Å². The van der Waals surface area contributed by atoms with Crippen LogP contribution in [0.4, 0.5) is 14.5 Å². The van der Waals surface area contributed by atoms with E-state index in [1.807, 2.05) is 60.8 Å². The first kappa shape index (κ1) is 17.0. The largest absolute Gasteiger partial charge is 0.374 e. The molecule has 0 aliphatic rings. The molecule has 1 atom stereocenters. The zero-order valence-electron chi connectivity index (χ0n) is 14.5. The Hall–Kier alpha value is -3.40. The minimum atomic E-state index is -0.623. The Morgan fingerprint density at radius 1 is 0.889 bits per heavy atom. The Bertz CT molecular complexity index is 1080. The Labute approximate surface area is 156 Å². The molecule has 0 fully saturated rings. The highest BCUT2D eigenvalue weighted by Crippen LogP contribution is 2.35. The summed E-state index contributed by atoms with van der Waals surface area (Å²) in [5.74, 6) is -1.25. The van der Waals surface area contributed by atoms with Crippen LogP contribution >= 0.6 is 0 Å². The molecule has 3 aromatic carbocycles. The van der Waals surface area contributed by atoms with Gasteiger partial charge in [0.05, 0.1) is 6.04 Å². The van der Waals surface area contributed by atoms with Crippen LogP contribution in [0.3, 0.4) is 0 Å². The van der Waals surface area contributed by atoms with Gasteiger partial charge in [-0.05, 0) is 29.3 Å². The van der Waals surface area contributed by atoms with Crippen LogP contribution < -0.4 is 5.32 Å². The Morgan fingerprint density at radius 3 is 2.30 bits per heavy atom. The van der Waals surface area contributed by atoms with E-state index in [9.17, 15) is 8.78 Å². The number of benzene rings is 3. The first-order chi connectivity index (χ1) is 13.1. The van der Waals surface area contributed by atoms with Crippen LogP contribution in [0.2, 0.25) is 0 Å². The Balaban J connectivity index is 1.77. The second kappa shape index (κ2) is 7.08. The fraction of sp³-hybridized carbons (Fsp3) is 0.0435. The van der Waals surface area contributed by atoms with E-state index in [-0.39, 0.29) is 6.04 Å². The maximum Gasteiger partial charge on any atom is 0.128 e. The van der Waals surface area contributed by atoms with Crippen molar-refractivity contribution in [3.63, 3.8) is 0 Å². The van der Waals surface area contributed by atoms with Gasteiger partial charge in [0.2, 0.25) is 0 Å². The quantitative estimate of drug-likeness (QED) is 0.429. The zero-order valence-corrected chi connectivity index (χ0v) is 14.5. The van der Waals surface area contributed by atoms with Crippen molar-refractivity contribution in [1.82, 2.24) is 4.98 Å². The van der Waals surface area contributed by atoms with Crippen molar-refractivity contribution in [2.75, 3.05) is 5.32 Å². The third kappa shape index (κ3) is 3.47. The second-order valence-corrected chi connectivity index (χ2v) is 6.42. The predicted octanol–water partition coefficient (Wildman–Crippen LogP) is 6.31. The van der Waals surface area contributed by atoms with Crippen molar-refractivity contribution >= 4 is 22.2 Å². The Kier molecular flexibility index (Phi) is 4.47. The summed E-state index contributed by atoms with van der Waals surface area (Å²) in [6, 6.07) is 20.8. The van der Waals surface area contributed by atoms with Gasteiger partial charge in [-0.2, -0.15) is 0 Å². The number of hydrogen-bond donors (Lipinski definition) is 2.